The number of hydrogen-bond acceptors (Lipinski definition) is 3. The van der Waals surface area contributed by atoms with Gasteiger partial charge in [0.05, 0.1) is 6.10 Å². The first-order chi connectivity index (χ1) is 7.29. The Labute approximate surface area is 90.8 Å². The van der Waals surface area contributed by atoms with E-state index in [1.165, 1.54) is 12.1 Å². The first kappa shape index (κ1) is 10.3. The maximum Gasteiger partial charge on any atom is 0.0746 e. The molecular weight excluding hydrogens is 188 g/mol. The summed E-state index contributed by atoms with van der Waals surface area (Å²) in [7, 11) is 1.79. The molecule has 0 amide bonds. The molecule has 1 aliphatic heterocycles. The van der Waals surface area contributed by atoms with Crippen molar-refractivity contribution in [1.82, 2.24) is 0 Å². The van der Waals surface area contributed by atoms with E-state index in [1.54, 1.807) is 7.11 Å². The maximum atomic E-state index is 5.77. The largest absolute Gasteiger partial charge is 0.399 e. The van der Waals surface area contributed by atoms with Crippen LogP contribution in [0.25, 0.3) is 0 Å². The molecule has 0 aromatic heterocycles. The SMILES string of the molecule is COC1CCCN(c2cccc(N)c2)C1. The molecule has 3 heteroatoms. The van der Waals surface area contributed by atoms with Crippen LogP contribution in [0.5, 0.6) is 0 Å². The lowest BCUT2D eigenvalue weighted by molar-refractivity contribution is 0.0893. The molecule has 1 aliphatic rings. The van der Waals surface area contributed by atoms with Crippen LogP contribution in [0.1, 0.15) is 12.8 Å². The van der Waals surface area contributed by atoms with Crippen molar-refractivity contribution in [1.29, 1.82) is 0 Å². The van der Waals surface area contributed by atoms with Crippen LogP contribution < -0.4 is 10.6 Å². The van der Waals surface area contributed by atoms with E-state index in [2.05, 4.69) is 11.0 Å². The standard InChI is InChI=1S/C12H18N2O/c1-15-12-6-3-7-14(9-12)11-5-2-4-10(13)8-11/h2,4-5,8,12H,3,6-7,9,13H2,1H3. The molecule has 1 aromatic rings. The fraction of sp³-hybridized carbons (Fsp3) is 0.500. The maximum absolute atomic E-state index is 5.77. The molecule has 1 atom stereocenters. The van der Waals surface area contributed by atoms with Gasteiger partial charge >= 0.3 is 0 Å². The second kappa shape index (κ2) is 4.53. The number of anilines is 2. The minimum Gasteiger partial charge on any atom is -0.399 e. The van der Waals surface area contributed by atoms with Gasteiger partial charge in [-0.1, -0.05) is 6.07 Å². The predicted octanol–water partition coefficient (Wildman–Crippen LogP) is 1.88. The zero-order valence-corrected chi connectivity index (χ0v) is 9.15. The molecule has 1 aromatic carbocycles. The number of nitrogen functional groups attached to an aromatic ring is 1. The quantitative estimate of drug-likeness (QED) is 0.751. The Morgan fingerprint density at radius 3 is 3.07 bits per heavy atom. The van der Waals surface area contributed by atoms with Gasteiger partial charge in [-0.2, -0.15) is 0 Å². The number of nitrogens with zero attached hydrogens (tertiary/aromatic N) is 1. The van der Waals surface area contributed by atoms with Crippen molar-refractivity contribution in [3.8, 4) is 0 Å². The molecule has 0 bridgehead atoms. The summed E-state index contributed by atoms with van der Waals surface area (Å²) in [5, 5.41) is 0. The molecular formula is C12H18N2O. The molecule has 1 heterocycles. The number of nitrogens with two attached hydrogens (primary N) is 1. The third-order valence-electron chi connectivity index (χ3n) is 2.95. The Morgan fingerprint density at radius 2 is 2.33 bits per heavy atom. The molecule has 0 aliphatic carbocycles. The highest BCUT2D eigenvalue weighted by Crippen LogP contribution is 2.22. The topological polar surface area (TPSA) is 38.5 Å². The van der Waals surface area contributed by atoms with E-state index in [1.807, 2.05) is 18.2 Å². The van der Waals surface area contributed by atoms with Crippen molar-refractivity contribution in [2.45, 2.75) is 18.9 Å². The van der Waals surface area contributed by atoms with Gasteiger partial charge in [0.2, 0.25) is 0 Å². The number of hydrogen-bond donors (Lipinski definition) is 1. The van der Waals surface area contributed by atoms with E-state index in [9.17, 15) is 0 Å². The summed E-state index contributed by atoms with van der Waals surface area (Å²) in [5.41, 5.74) is 7.81. The molecule has 0 spiro atoms. The summed E-state index contributed by atoms with van der Waals surface area (Å²) >= 11 is 0. The van der Waals surface area contributed by atoms with Crippen molar-refractivity contribution in [3.63, 3.8) is 0 Å². The average Bonchev–Trinajstić information content (AvgIpc) is 2.29. The molecule has 0 radical (unpaired) electrons. The highest BCUT2D eigenvalue weighted by atomic mass is 16.5. The van der Waals surface area contributed by atoms with Crippen LogP contribution in [-0.4, -0.2) is 26.3 Å². The van der Waals surface area contributed by atoms with E-state index < -0.39 is 0 Å². The first-order valence-corrected chi connectivity index (χ1v) is 5.43. The summed E-state index contributed by atoms with van der Waals surface area (Å²) in [5.74, 6) is 0. The van der Waals surface area contributed by atoms with Crippen molar-refractivity contribution in [3.05, 3.63) is 24.3 Å². The summed E-state index contributed by atoms with van der Waals surface area (Å²) in [6.45, 7) is 2.07. The summed E-state index contributed by atoms with van der Waals surface area (Å²) in [6.07, 6.45) is 2.71. The minimum atomic E-state index is 0.361. The van der Waals surface area contributed by atoms with Crippen molar-refractivity contribution < 1.29 is 4.74 Å². The van der Waals surface area contributed by atoms with Crippen LogP contribution in [0.2, 0.25) is 0 Å². The monoisotopic (exact) mass is 206 g/mol. The van der Waals surface area contributed by atoms with E-state index in [0.717, 1.165) is 25.2 Å². The minimum absolute atomic E-state index is 0.361. The zero-order valence-electron chi connectivity index (χ0n) is 9.15. The van der Waals surface area contributed by atoms with Gasteiger partial charge in [0.25, 0.3) is 0 Å². The molecule has 2 N–H and O–H groups in total. The second-order valence-corrected chi connectivity index (χ2v) is 4.04. The molecule has 1 saturated heterocycles. The summed E-state index contributed by atoms with van der Waals surface area (Å²) in [6, 6.07) is 8.05. The third-order valence-corrected chi connectivity index (χ3v) is 2.95. The Balaban J connectivity index is 2.09. The Kier molecular flexibility index (Phi) is 3.11. The van der Waals surface area contributed by atoms with Gasteiger partial charge in [-0.05, 0) is 31.0 Å². The molecule has 3 nitrogen and oxygen atoms in total. The lowest BCUT2D eigenvalue weighted by Gasteiger charge is -2.33. The molecule has 1 unspecified atom stereocenters. The summed E-state index contributed by atoms with van der Waals surface area (Å²) in [4.78, 5) is 2.34. The van der Waals surface area contributed by atoms with Crippen molar-refractivity contribution in [2.75, 3.05) is 30.8 Å². The first-order valence-electron chi connectivity index (χ1n) is 5.43. The van der Waals surface area contributed by atoms with Gasteiger partial charge in [0, 0.05) is 31.6 Å². The smallest absolute Gasteiger partial charge is 0.0746 e. The lowest BCUT2D eigenvalue weighted by atomic mass is 10.1. The van der Waals surface area contributed by atoms with E-state index in [-0.39, 0.29) is 0 Å². The fourth-order valence-electron chi connectivity index (χ4n) is 2.09. The van der Waals surface area contributed by atoms with Crippen LogP contribution in [0.4, 0.5) is 11.4 Å². The van der Waals surface area contributed by atoms with Crippen LogP contribution >= 0.6 is 0 Å². The molecule has 15 heavy (non-hydrogen) atoms. The third kappa shape index (κ3) is 2.42. The average molecular weight is 206 g/mol. The Bertz CT molecular complexity index is 327. The van der Waals surface area contributed by atoms with Gasteiger partial charge < -0.3 is 15.4 Å². The van der Waals surface area contributed by atoms with Gasteiger partial charge in [-0.3, -0.25) is 0 Å². The Morgan fingerprint density at radius 1 is 1.47 bits per heavy atom. The zero-order chi connectivity index (χ0) is 10.7. The van der Waals surface area contributed by atoms with E-state index >= 15 is 0 Å². The Hall–Kier alpha value is -1.22. The van der Waals surface area contributed by atoms with E-state index in [0.29, 0.717) is 6.10 Å². The lowest BCUT2D eigenvalue weighted by Crippen LogP contribution is -2.39. The predicted molar refractivity (Wildman–Crippen MR) is 63.1 cm³/mol. The van der Waals surface area contributed by atoms with E-state index in [4.69, 9.17) is 10.5 Å². The number of benzene rings is 1. The molecule has 0 saturated carbocycles. The number of piperidine rings is 1. The van der Waals surface area contributed by atoms with Crippen molar-refractivity contribution >= 4 is 11.4 Å². The molecule has 2 rings (SSSR count). The molecule has 1 fully saturated rings. The van der Waals surface area contributed by atoms with Crippen LogP contribution in [0, 0.1) is 0 Å². The highest BCUT2D eigenvalue weighted by Gasteiger charge is 2.19. The second-order valence-electron chi connectivity index (χ2n) is 4.04. The van der Waals surface area contributed by atoms with Crippen LogP contribution in [0.15, 0.2) is 24.3 Å². The number of methoxy groups -OCH3 is 1. The molecule has 82 valence electrons. The number of ether oxygens (including phenoxy) is 1. The van der Waals surface area contributed by atoms with Gasteiger partial charge in [-0.25, -0.2) is 0 Å². The number of rotatable bonds is 2. The van der Waals surface area contributed by atoms with Crippen molar-refractivity contribution in [2.24, 2.45) is 0 Å². The fourth-order valence-corrected chi connectivity index (χ4v) is 2.09. The van der Waals surface area contributed by atoms with Gasteiger partial charge in [0.1, 0.15) is 0 Å². The van der Waals surface area contributed by atoms with Crippen LogP contribution in [-0.2, 0) is 4.74 Å². The van der Waals surface area contributed by atoms with Crippen LogP contribution in [0.3, 0.4) is 0 Å². The van der Waals surface area contributed by atoms with Gasteiger partial charge in [-0.15, -0.1) is 0 Å². The highest BCUT2D eigenvalue weighted by molar-refractivity contribution is 5.56. The summed E-state index contributed by atoms with van der Waals surface area (Å²) < 4.78 is 5.40. The normalized spacial score (nSPS) is 21.7. The van der Waals surface area contributed by atoms with Gasteiger partial charge in [0.15, 0.2) is 0 Å².